The van der Waals surface area contributed by atoms with Crippen molar-refractivity contribution < 1.29 is 0 Å². The van der Waals surface area contributed by atoms with Gasteiger partial charge in [-0.25, -0.2) is 9.97 Å². The lowest BCUT2D eigenvalue weighted by atomic mass is 10.0. The normalized spacial score (nSPS) is 17.7. The van der Waals surface area contributed by atoms with Crippen molar-refractivity contribution in [3.63, 3.8) is 0 Å². The molecule has 0 unspecified atom stereocenters. The van der Waals surface area contributed by atoms with Crippen LogP contribution in [-0.4, -0.2) is 22.6 Å². The Labute approximate surface area is 118 Å². The molecule has 0 atom stereocenters. The lowest BCUT2D eigenvalue weighted by molar-refractivity contribution is 0.758. The molecule has 4 nitrogen and oxygen atoms in total. The number of aryl methyl sites for hydroxylation is 1. The molecule has 1 aromatic carbocycles. The van der Waals surface area contributed by atoms with E-state index in [1.807, 2.05) is 0 Å². The van der Waals surface area contributed by atoms with E-state index in [1.165, 1.54) is 30.5 Å². The predicted molar refractivity (Wildman–Crippen MR) is 80.4 cm³/mol. The van der Waals surface area contributed by atoms with Crippen LogP contribution >= 0.6 is 0 Å². The fourth-order valence-electron chi connectivity index (χ4n) is 2.78. The van der Waals surface area contributed by atoms with E-state index >= 15 is 0 Å². The summed E-state index contributed by atoms with van der Waals surface area (Å²) >= 11 is 0. The van der Waals surface area contributed by atoms with Crippen LogP contribution in [0.1, 0.15) is 24.8 Å². The summed E-state index contributed by atoms with van der Waals surface area (Å²) in [5.41, 5.74) is 2.70. The van der Waals surface area contributed by atoms with Crippen LogP contribution in [0.2, 0.25) is 0 Å². The number of benzene rings is 1. The van der Waals surface area contributed by atoms with Crippen LogP contribution in [-0.2, 0) is 6.42 Å². The molecule has 0 bridgehead atoms. The first-order valence-corrected chi connectivity index (χ1v) is 7.34. The fraction of sp³-hybridized carbons (Fsp3) is 0.375. The number of nitrogens with one attached hydrogen (secondary N) is 1. The van der Waals surface area contributed by atoms with Gasteiger partial charge in [0, 0.05) is 24.3 Å². The molecule has 0 amide bonds. The summed E-state index contributed by atoms with van der Waals surface area (Å²) in [4.78, 5) is 11.1. The van der Waals surface area contributed by atoms with Crippen molar-refractivity contribution in [2.75, 3.05) is 16.8 Å². The van der Waals surface area contributed by atoms with Crippen molar-refractivity contribution in [2.24, 2.45) is 0 Å². The van der Waals surface area contributed by atoms with Gasteiger partial charge in [0.1, 0.15) is 18.0 Å². The molecule has 2 aliphatic rings. The maximum atomic E-state index is 4.46. The number of hydrogen-bond donors (Lipinski definition) is 1. The molecule has 2 heterocycles. The van der Waals surface area contributed by atoms with E-state index in [1.54, 1.807) is 6.33 Å². The second-order valence-electron chi connectivity index (χ2n) is 5.56. The minimum atomic E-state index is 0.617. The number of rotatable bonds is 3. The standard InChI is InChI=1S/C16H18N4/c1-2-6-14-12(4-1)5-3-9-20(14)16-10-15(17-11-18-16)19-13-7-8-13/h1-2,4,6,10-11,13H,3,5,7-9H2,(H,17,18,19). The number of aromatic nitrogens is 2. The zero-order valence-corrected chi connectivity index (χ0v) is 11.4. The summed E-state index contributed by atoms with van der Waals surface area (Å²) in [6.07, 6.45) is 6.51. The van der Waals surface area contributed by atoms with E-state index in [4.69, 9.17) is 0 Å². The highest BCUT2D eigenvalue weighted by Crippen LogP contribution is 2.33. The van der Waals surface area contributed by atoms with Crippen LogP contribution in [0.5, 0.6) is 0 Å². The van der Waals surface area contributed by atoms with Gasteiger partial charge in [-0.2, -0.15) is 0 Å². The zero-order chi connectivity index (χ0) is 13.4. The minimum absolute atomic E-state index is 0.617. The average molecular weight is 266 g/mol. The molecule has 20 heavy (non-hydrogen) atoms. The van der Waals surface area contributed by atoms with Crippen LogP contribution in [0.4, 0.5) is 17.3 Å². The highest BCUT2D eigenvalue weighted by Gasteiger charge is 2.23. The molecule has 1 aromatic heterocycles. The van der Waals surface area contributed by atoms with Crippen molar-refractivity contribution in [1.82, 2.24) is 9.97 Å². The van der Waals surface area contributed by atoms with Crippen molar-refractivity contribution in [1.29, 1.82) is 0 Å². The van der Waals surface area contributed by atoms with Gasteiger partial charge < -0.3 is 10.2 Å². The van der Waals surface area contributed by atoms with E-state index in [2.05, 4.69) is 50.5 Å². The fourth-order valence-corrected chi connectivity index (χ4v) is 2.78. The third kappa shape index (κ3) is 2.22. The van der Waals surface area contributed by atoms with E-state index in [9.17, 15) is 0 Å². The van der Waals surface area contributed by atoms with Gasteiger partial charge >= 0.3 is 0 Å². The molecule has 102 valence electrons. The molecule has 0 radical (unpaired) electrons. The smallest absolute Gasteiger partial charge is 0.138 e. The molecule has 2 aromatic rings. The first-order valence-electron chi connectivity index (χ1n) is 7.34. The molecule has 1 fully saturated rings. The van der Waals surface area contributed by atoms with Gasteiger partial charge in [0.2, 0.25) is 0 Å². The van der Waals surface area contributed by atoms with Gasteiger partial charge in [-0.1, -0.05) is 18.2 Å². The van der Waals surface area contributed by atoms with E-state index in [0.29, 0.717) is 6.04 Å². The van der Waals surface area contributed by atoms with Gasteiger partial charge in [0.25, 0.3) is 0 Å². The number of hydrogen-bond acceptors (Lipinski definition) is 4. The van der Waals surface area contributed by atoms with E-state index < -0.39 is 0 Å². The summed E-state index contributed by atoms with van der Waals surface area (Å²) in [5, 5.41) is 3.44. The summed E-state index contributed by atoms with van der Waals surface area (Å²) in [6, 6.07) is 11.3. The van der Waals surface area contributed by atoms with Gasteiger partial charge in [0.15, 0.2) is 0 Å². The monoisotopic (exact) mass is 266 g/mol. The summed E-state index contributed by atoms with van der Waals surface area (Å²) < 4.78 is 0. The molecule has 1 saturated carbocycles. The second kappa shape index (κ2) is 4.78. The number of fused-ring (bicyclic) bond motifs is 1. The Balaban J connectivity index is 1.67. The lowest BCUT2D eigenvalue weighted by Crippen LogP contribution is -2.25. The van der Waals surface area contributed by atoms with Gasteiger partial charge in [-0.3, -0.25) is 0 Å². The Morgan fingerprint density at radius 3 is 2.95 bits per heavy atom. The SMILES string of the molecule is c1ccc2c(c1)CCCN2c1cc(NC2CC2)ncn1. The van der Waals surface area contributed by atoms with Crippen LogP contribution in [0.3, 0.4) is 0 Å². The summed E-state index contributed by atoms with van der Waals surface area (Å²) in [5.74, 6) is 1.94. The molecule has 1 aliphatic carbocycles. The molecular weight excluding hydrogens is 248 g/mol. The number of anilines is 3. The third-order valence-corrected chi connectivity index (χ3v) is 3.97. The van der Waals surface area contributed by atoms with Gasteiger partial charge in [-0.05, 0) is 37.3 Å². The Hall–Kier alpha value is -2.10. The van der Waals surface area contributed by atoms with Crippen molar-refractivity contribution in [3.05, 3.63) is 42.2 Å². The number of nitrogens with zero attached hydrogens (tertiary/aromatic N) is 3. The number of para-hydroxylation sites is 1. The molecule has 1 N–H and O–H groups in total. The quantitative estimate of drug-likeness (QED) is 0.926. The molecular formula is C16H18N4. The molecule has 0 saturated heterocycles. The Kier molecular flexibility index (Phi) is 2.80. The second-order valence-corrected chi connectivity index (χ2v) is 5.56. The molecule has 4 rings (SSSR count). The molecule has 0 spiro atoms. The van der Waals surface area contributed by atoms with E-state index in [-0.39, 0.29) is 0 Å². The first-order chi connectivity index (χ1) is 9.90. The van der Waals surface area contributed by atoms with Crippen LogP contribution in [0.15, 0.2) is 36.7 Å². The van der Waals surface area contributed by atoms with Crippen LogP contribution in [0.25, 0.3) is 0 Å². The van der Waals surface area contributed by atoms with Gasteiger partial charge in [-0.15, -0.1) is 0 Å². The van der Waals surface area contributed by atoms with Crippen LogP contribution in [0, 0.1) is 0 Å². The summed E-state index contributed by atoms with van der Waals surface area (Å²) in [6.45, 7) is 1.02. The highest BCUT2D eigenvalue weighted by molar-refractivity contribution is 5.66. The van der Waals surface area contributed by atoms with Crippen molar-refractivity contribution >= 4 is 17.3 Å². The van der Waals surface area contributed by atoms with Crippen molar-refractivity contribution in [3.8, 4) is 0 Å². The van der Waals surface area contributed by atoms with E-state index in [0.717, 1.165) is 24.6 Å². The highest BCUT2D eigenvalue weighted by atomic mass is 15.2. The largest absolute Gasteiger partial charge is 0.367 e. The van der Waals surface area contributed by atoms with Crippen molar-refractivity contribution in [2.45, 2.75) is 31.7 Å². The average Bonchev–Trinajstić information content (AvgIpc) is 3.31. The van der Waals surface area contributed by atoms with Crippen LogP contribution < -0.4 is 10.2 Å². The first kappa shape index (κ1) is 11.7. The maximum absolute atomic E-state index is 4.46. The maximum Gasteiger partial charge on any atom is 0.138 e. The molecule has 1 aliphatic heterocycles. The molecule has 4 heteroatoms. The Morgan fingerprint density at radius 1 is 1.15 bits per heavy atom. The third-order valence-electron chi connectivity index (χ3n) is 3.97. The Morgan fingerprint density at radius 2 is 2.05 bits per heavy atom. The Bertz CT molecular complexity index is 621. The summed E-state index contributed by atoms with van der Waals surface area (Å²) in [7, 11) is 0. The predicted octanol–water partition coefficient (Wildman–Crippen LogP) is 3.14. The zero-order valence-electron chi connectivity index (χ0n) is 11.4. The topological polar surface area (TPSA) is 41.0 Å². The minimum Gasteiger partial charge on any atom is -0.367 e. The lowest BCUT2D eigenvalue weighted by Gasteiger charge is -2.30. The van der Waals surface area contributed by atoms with Gasteiger partial charge in [0.05, 0.1) is 0 Å².